The second kappa shape index (κ2) is 3.49. The molecular formula is C7H10N2S. The molecular weight excluding hydrogens is 144 g/mol. The van der Waals surface area contributed by atoms with Crippen molar-refractivity contribution in [3.05, 3.63) is 29.8 Å². The number of anilines is 1. The zero-order valence-electron chi connectivity index (χ0n) is 5.54. The van der Waals surface area contributed by atoms with Gasteiger partial charge in [0.2, 0.25) is 0 Å². The van der Waals surface area contributed by atoms with Gasteiger partial charge in [0.1, 0.15) is 0 Å². The van der Waals surface area contributed by atoms with Crippen LogP contribution in [0.1, 0.15) is 5.56 Å². The highest BCUT2D eigenvalue weighted by Gasteiger charge is 1.88. The van der Waals surface area contributed by atoms with Crippen LogP contribution in [0.15, 0.2) is 24.3 Å². The number of rotatable bonds is 2. The third-order valence-electron chi connectivity index (χ3n) is 1.26. The van der Waals surface area contributed by atoms with E-state index in [1.165, 1.54) is 5.56 Å². The smallest absolute Gasteiger partial charge is 0.0314 e. The quantitative estimate of drug-likeness (QED) is 0.442. The first-order valence-electron chi connectivity index (χ1n) is 3.04. The Kier molecular flexibility index (Phi) is 2.59. The number of nitrogens with one attached hydrogen (secondary N) is 1. The summed E-state index contributed by atoms with van der Waals surface area (Å²) < 4.78 is 2.76. The third-order valence-corrected chi connectivity index (χ3v) is 1.42. The summed E-state index contributed by atoms with van der Waals surface area (Å²) >= 11 is 3.88. The fourth-order valence-corrected chi connectivity index (χ4v) is 0.909. The van der Waals surface area contributed by atoms with Crippen LogP contribution in [0.3, 0.4) is 0 Å². The van der Waals surface area contributed by atoms with Crippen molar-refractivity contribution in [2.75, 3.05) is 5.73 Å². The zero-order valence-corrected chi connectivity index (χ0v) is 6.44. The Hall–Kier alpha value is -0.670. The van der Waals surface area contributed by atoms with E-state index in [0.717, 1.165) is 12.2 Å². The monoisotopic (exact) mass is 154 g/mol. The molecule has 0 aliphatic carbocycles. The first kappa shape index (κ1) is 7.44. The maximum Gasteiger partial charge on any atom is 0.0314 e. The van der Waals surface area contributed by atoms with Crippen LogP contribution in [0.5, 0.6) is 0 Å². The highest BCUT2D eigenvalue weighted by atomic mass is 32.1. The third kappa shape index (κ3) is 1.93. The molecule has 10 heavy (non-hydrogen) atoms. The van der Waals surface area contributed by atoms with E-state index in [9.17, 15) is 0 Å². The molecule has 0 radical (unpaired) electrons. The van der Waals surface area contributed by atoms with Crippen molar-refractivity contribution in [3.63, 3.8) is 0 Å². The summed E-state index contributed by atoms with van der Waals surface area (Å²) in [7, 11) is 0. The predicted octanol–water partition coefficient (Wildman–Crippen LogP) is 1.20. The molecule has 0 bridgehead atoms. The van der Waals surface area contributed by atoms with Gasteiger partial charge in [0.05, 0.1) is 0 Å². The van der Waals surface area contributed by atoms with Gasteiger partial charge in [0.15, 0.2) is 0 Å². The lowest BCUT2D eigenvalue weighted by atomic mass is 10.2. The van der Waals surface area contributed by atoms with Crippen LogP contribution in [0.4, 0.5) is 5.69 Å². The van der Waals surface area contributed by atoms with Crippen LogP contribution in [-0.2, 0) is 6.54 Å². The maximum absolute atomic E-state index is 5.48. The van der Waals surface area contributed by atoms with Gasteiger partial charge in [-0.3, -0.25) is 4.72 Å². The molecule has 0 aliphatic heterocycles. The standard InChI is InChI=1S/C7H10N2S/c8-7-3-1-6(2-4-7)5-9-10/h1-4,9-10H,5,8H2. The van der Waals surface area contributed by atoms with Crippen molar-refractivity contribution < 1.29 is 0 Å². The Morgan fingerprint density at radius 2 is 1.90 bits per heavy atom. The van der Waals surface area contributed by atoms with Gasteiger partial charge in [-0.1, -0.05) is 24.9 Å². The summed E-state index contributed by atoms with van der Waals surface area (Å²) in [6.45, 7) is 0.767. The Morgan fingerprint density at radius 1 is 1.30 bits per heavy atom. The normalized spacial score (nSPS) is 9.70. The van der Waals surface area contributed by atoms with Crippen LogP contribution < -0.4 is 10.5 Å². The van der Waals surface area contributed by atoms with Gasteiger partial charge in [-0.2, -0.15) is 0 Å². The van der Waals surface area contributed by atoms with Crippen LogP contribution in [0, 0.1) is 0 Å². The molecule has 1 aromatic rings. The summed E-state index contributed by atoms with van der Waals surface area (Å²) in [6, 6.07) is 7.69. The highest BCUT2D eigenvalue weighted by molar-refractivity contribution is 7.78. The lowest BCUT2D eigenvalue weighted by Gasteiger charge is -1.98. The molecule has 0 saturated heterocycles. The lowest BCUT2D eigenvalue weighted by Crippen LogP contribution is -1.97. The van der Waals surface area contributed by atoms with E-state index < -0.39 is 0 Å². The Morgan fingerprint density at radius 3 is 2.40 bits per heavy atom. The van der Waals surface area contributed by atoms with Crippen molar-refractivity contribution in [2.45, 2.75) is 6.54 Å². The van der Waals surface area contributed by atoms with E-state index in [-0.39, 0.29) is 0 Å². The molecule has 0 fully saturated rings. The summed E-state index contributed by atoms with van der Waals surface area (Å²) in [5.41, 5.74) is 7.46. The second-order valence-electron chi connectivity index (χ2n) is 2.08. The molecule has 2 nitrogen and oxygen atoms in total. The Bertz CT molecular complexity index is 195. The molecule has 0 saturated carbocycles. The van der Waals surface area contributed by atoms with Gasteiger partial charge < -0.3 is 5.73 Å². The number of hydrogen-bond acceptors (Lipinski definition) is 3. The summed E-state index contributed by atoms with van der Waals surface area (Å²) in [5, 5.41) is 0. The number of thiol groups is 1. The molecule has 0 atom stereocenters. The molecule has 0 aliphatic rings. The van der Waals surface area contributed by atoms with E-state index in [0.29, 0.717) is 0 Å². The average Bonchev–Trinajstić information content (AvgIpc) is 1.95. The minimum atomic E-state index is 0.767. The molecule has 3 heteroatoms. The average molecular weight is 154 g/mol. The van der Waals surface area contributed by atoms with Crippen LogP contribution in [-0.4, -0.2) is 0 Å². The largest absolute Gasteiger partial charge is 0.399 e. The molecule has 54 valence electrons. The van der Waals surface area contributed by atoms with Gasteiger partial charge >= 0.3 is 0 Å². The number of hydrogen-bond donors (Lipinski definition) is 3. The summed E-state index contributed by atoms with van der Waals surface area (Å²) in [4.78, 5) is 0. The van der Waals surface area contributed by atoms with Crippen LogP contribution in [0.25, 0.3) is 0 Å². The molecule has 3 N–H and O–H groups in total. The van der Waals surface area contributed by atoms with E-state index in [4.69, 9.17) is 5.73 Å². The van der Waals surface area contributed by atoms with E-state index >= 15 is 0 Å². The van der Waals surface area contributed by atoms with Crippen molar-refractivity contribution in [1.29, 1.82) is 0 Å². The van der Waals surface area contributed by atoms with Gasteiger partial charge in [-0.05, 0) is 17.7 Å². The molecule has 0 heterocycles. The fourth-order valence-electron chi connectivity index (χ4n) is 0.727. The molecule has 0 unspecified atom stereocenters. The fraction of sp³-hybridized carbons (Fsp3) is 0.143. The van der Waals surface area contributed by atoms with Crippen LogP contribution in [0.2, 0.25) is 0 Å². The highest BCUT2D eigenvalue weighted by Crippen LogP contribution is 2.04. The molecule has 1 aromatic carbocycles. The van der Waals surface area contributed by atoms with E-state index in [2.05, 4.69) is 17.5 Å². The van der Waals surface area contributed by atoms with Crippen molar-refractivity contribution in [3.8, 4) is 0 Å². The zero-order chi connectivity index (χ0) is 7.40. The molecule has 1 rings (SSSR count). The Balaban J connectivity index is 2.69. The van der Waals surface area contributed by atoms with Crippen LogP contribution >= 0.6 is 12.8 Å². The number of benzene rings is 1. The lowest BCUT2D eigenvalue weighted by molar-refractivity contribution is 0.986. The Labute approximate surface area is 66.0 Å². The first-order valence-corrected chi connectivity index (χ1v) is 3.49. The topological polar surface area (TPSA) is 38.0 Å². The van der Waals surface area contributed by atoms with Crippen molar-refractivity contribution in [1.82, 2.24) is 4.72 Å². The predicted molar refractivity (Wildman–Crippen MR) is 46.7 cm³/mol. The van der Waals surface area contributed by atoms with Crippen molar-refractivity contribution >= 4 is 18.5 Å². The van der Waals surface area contributed by atoms with Gasteiger partial charge in [-0.25, -0.2) is 0 Å². The molecule has 0 spiro atoms. The van der Waals surface area contributed by atoms with Gasteiger partial charge in [0, 0.05) is 12.2 Å². The maximum atomic E-state index is 5.48. The molecule has 0 amide bonds. The minimum Gasteiger partial charge on any atom is -0.399 e. The number of nitrogen functional groups attached to an aromatic ring is 1. The molecule has 0 aromatic heterocycles. The second-order valence-corrected chi connectivity index (χ2v) is 2.39. The van der Waals surface area contributed by atoms with Gasteiger partial charge in [0.25, 0.3) is 0 Å². The SMILES string of the molecule is Nc1ccc(CNS)cc1. The first-order chi connectivity index (χ1) is 4.83. The summed E-state index contributed by atoms with van der Waals surface area (Å²) in [6.07, 6.45) is 0. The van der Waals surface area contributed by atoms with Gasteiger partial charge in [-0.15, -0.1) is 0 Å². The minimum absolute atomic E-state index is 0.767. The summed E-state index contributed by atoms with van der Waals surface area (Å²) in [5.74, 6) is 0. The van der Waals surface area contributed by atoms with Crippen molar-refractivity contribution in [2.24, 2.45) is 0 Å². The van der Waals surface area contributed by atoms with E-state index in [1.54, 1.807) is 0 Å². The number of nitrogens with two attached hydrogens (primary N) is 1. The van der Waals surface area contributed by atoms with E-state index in [1.807, 2.05) is 24.3 Å².